The highest BCUT2D eigenvalue weighted by Crippen LogP contribution is 2.50. The second-order valence-corrected chi connectivity index (χ2v) is 32.2. The van der Waals surface area contributed by atoms with Gasteiger partial charge < -0.3 is 4.57 Å². The molecule has 0 spiro atoms. The van der Waals surface area contributed by atoms with E-state index < -0.39 is 0 Å². The Morgan fingerprint density at radius 2 is 0.492 bits per heavy atom. The van der Waals surface area contributed by atoms with Crippen LogP contribution in [0, 0.1) is 0 Å². The molecule has 7 heteroatoms. The van der Waals surface area contributed by atoms with Gasteiger partial charge >= 0.3 is 0 Å². The molecule has 24 rings (SSSR count). The van der Waals surface area contributed by atoms with Crippen LogP contribution in [0.4, 0.5) is 0 Å². The zero-order valence-electron chi connectivity index (χ0n) is 68.6. The lowest BCUT2D eigenvalue weighted by Crippen LogP contribution is -2.00. The molecular formula is C119H77N7. The summed E-state index contributed by atoms with van der Waals surface area (Å²) in [5, 5.41) is 9.36. The molecule has 1 aliphatic rings. The van der Waals surface area contributed by atoms with Crippen molar-refractivity contribution in [1.29, 1.82) is 0 Å². The highest BCUT2D eigenvalue weighted by molar-refractivity contribution is 6.21. The molecule has 1 aliphatic carbocycles. The molecule has 126 heavy (non-hydrogen) atoms. The Balaban J connectivity index is 0.000000145. The van der Waals surface area contributed by atoms with Crippen molar-refractivity contribution in [1.82, 2.24) is 34.5 Å². The van der Waals surface area contributed by atoms with Gasteiger partial charge in [0.05, 0.1) is 56.2 Å². The lowest BCUT2D eigenvalue weighted by Gasteiger charge is -2.17. The van der Waals surface area contributed by atoms with E-state index in [1.165, 1.54) is 82.6 Å². The molecule has 0 fully saturated rings. The van der Waals surface area contributed by atoms with Crippen molar-refractivity contribution in [3.05, 3.63) is 478 Å². The van der Waals surface area contributed by atoms with Crippen molar-refractivity contribution >= 4 is 65.2 Å². The lowest BCUT2D eigenvalue weighted by molar-refractivity contribution is 1.01. The van der Waals surface area contributed by atoms with Gasteiger partial charge in [0, 0.05) is 110 Å². The minimum absolute atomic E-state index is 0.185. The SMILES string of the molecule is c1ccc(-c2nc(-c3ccc(C4c5ccccc5-c5ccccc54)cc3)cc(-c3cccc(-c4cccc5c4nc(-c4ccccc4)c4cccc(-c6ccccc6)c45)c3)n2)cc1.c1ccc(-c2nc(-c3cccc(-c4cccc5c4nc(-c4ccccc4)c4cccc(-c6ccccc6)c45)c3)cc(-c3cccc(-n4c5ccccc5c5ccccc54)c3)n2)cc1. The van der Waals surface area contributed by atoms with Crippen LogP contribution in [0.2, 0.25) is 0 Å². The number of nitrogens with zero attached hydrogens (tertiary/aromatic N) is 7. The van der Waals surface area contributed by atoms with E-state index in [0.29, 0.717) is 11.6 Å². The van der Waals surface area contributed by atoms with Crippen LogP contribution < -0.4 is 0 Å². The zero-order valence-corrected chi connectivity index (χ0v) is 68.6. The maximum atomic E-state index is 5.53. The van der Waals surface area contributed by atoms with Gasteiger partial charge in [0.1, 0.15) is 0 Å². The number of fused-ring (bicyclic) bond motifs is 12. The average Bonchev–Trinajstić information content (AvgIpc) is 1.37. The van der Waals surface area contributed by atoms with E-state index in [1.54, 1.807) is 0 Å². The van der Waals surface area contributed by atoms with E-state index in [9.17, 15) is 0 Å². The summed E-state index contributed by atoms with van der Waals surface area (Å²) in [6.45, 7) is 0. The zero-order chi connectivity index (χ0) is 83.4. The third kappa shape index (κ3) is 13.5. The quantitative estimate of drug-likeness (QED) is 0.101. The van der Waals surface area contributed by atoms with Gasteiger partial charge in [0.15, 0.2) is 11.6 Å². The van der Waals surface area contributed by atoms with E-state index in [0.717, 1.165) is 139 Å². The number of para-hydroxylation sites is 4. The van der Waals surface area contributed by atoms with Crippen LogP contribution in [0.3, 0.4) is 0 Å². The fourth-order valence-electron chi connectivity index (χ4n) is 18.9. The lowest BCUT2D eigenvalue weighted by atomic mass is 9.88. The smallest absolute Gasteiger partial charge is 0.160 e. The number of aromatic nitrogens is 7. The summed E-state index contributed by atoms with van der Waals surface area (Å²) in [7, 11) is 0. The molecule has 0 atom stereocenters. The van der Waals surface area contributed by atoms with E-state index in [4.69, 9.17) is 29.9 Å². The molecule has 0 N–H and O–H groups in total. The second kappa shape index (κ2) is 32.0. The Bertz CT molecular complexity index is 8020. The van der Waals surface area contributed by atoms with Crippen LogP contribution in [0.1, 0.15) is 22.6 Å². The Morgan fingerprint density at radius 3 is 0.929 bits per heavy atom. The Labute approximate surface area is 730 Å². The summed E-state index contributed by atoms with van der Waals surface area (Å²) in [4.78, 5) is 32.0. The van der Waals surface area contributed by atoms with Crippen molar-refractivity contribution in [3.63, 3.8) is 0 Å². The van der Waals surface area contributed by atoms with Crippen molar-refractivity contribution < 1.29 is 0 Å². The molecule has 7 nitrogen and oxygen atoms in total. The summed E-state index contributed by atoms with van der Waals surface area (Å²) in [5.74, 6) is 1.55. The van der Waals surface area contributed by atoms with Gasteiger partial charge in [-0.05, 0) is 110 Å². The second-order valence-electron chi connectivity index (χ2n) is 32.2. The number of pyridine rings is 2. The molecule has 23 aromatic rings. The summed E-state index contributed by atoms with van der Waals surface area (Å²) in [6.07, 6.45) is 0. The van der Waals surface area contributed by atoms with Crippen molar-refractivity contribution in [2.75, 3.05) is 0 Å². The first-order chi connectivity index (χ1) is 62.5. The Kier molecular flexibility index (Phi) is 18.9. The number of rotatable bonds is 14. The van der Waals surface area contributed by atoms with Crippen LogP contribution in [0.15, 0.2) is 461 Å². The molecule has 0 aliphatic heterocycles. The Morgan fingerprint density at radius 1 is 0.183 bits per heavy atom. The fraction of sp³-hybridized carbons (Fsp3) is 0.00840. The van der Waals surface area contributed by atoms with Gasteiger partial charge in [0.25, 0.3) is 0 Å². The normalized spacial score (nSPS) is 11.8. The number of benzene rings is 18. The van der Waals surface area contributed by atoms with Crippen molar-refractivity contribution in [3.8, 4) is 152 Å². The first-order valence-corrected chi connectivity index (χ1v) is 42.9. The maximum absolute atomic E-state index is 5.53. The van der Waals surface area contributed by atoms with E-state index in [-0.39, 0.29) is 5.92 Å². The van der Waals surface area contributed by atoms with Crippen molar-refractivity contribution in [2.24, 2.45) is 0 Å². The summed E-state index contributed by atoms with van der Waals surface area (Å²) in [6, 6.07) is 164. The first kappa shape index (κ1) is 74.3. The van der Waals surface area contributed by atoms with Crippen molar-refractivity contribution in [2.45, 2.75) is 5.92 Å². The van der Waals surface area contributed by atoms with E-state index in [1.807, 2.05) is 36.4 Å². The summed E-state index contributed by atoms with van der Waals surface area (Å²) >= 11 is 0. The van der Waals surface area contributed by atoms with Crippen LogP contribution >= 0.6 is 0 Å². The molecule has 588 valence electrons. The fourth-order valence-corrected chi connectivity index (χ4v) is 18.9. The van der Waals surface area contributed by atoms with E-state index >= 15 is 0 Å². The van der Waals surface area contributed by atoms with Gasteiger partial charge in [-0.25, -0.2) is 29.9 Å². The van der Waals surface area contributed by atoms with Gasteiger partial charge in [0.2, 0.25) is 0 Å². The Hall–Kier alpha value is -16.7. The van der Waals surface area contributed by atoms with Crippen LogP contribution in [0.25, 0.3) is 217 Å². The van der Waals surface area contributed by atoms with Gasteiger partial charge in [-0.3, -0.25) is 0 Å². The third-order valence-corrected chi connectivity index (χ3v) is 24.8. The minimum Gasteiger partial charge on any atom is -0.309 e. The molecule has 5 aromatic heterocycles. The highest BCUT2D eigenvalue weighted by Gasteiger charge is 2.30. The highest BCUT2D eigenvalue weighted by atomic mass is 15.0. The van der Waals surface area contributed by atoms with Crippen LogP contribution in [0.5, 0.6) is 0 Å². The minimum atomic E-state index is 0.185. The average molecular weight is 1600 g/mol. The monoisotopic (exact) mass is 1600 g/mol. The maximum Gasteiger partial charge on any atom is 0.160 e. The number of hydrogen-bond acceptors (Lipinski definition) is 6. The molecule has 0 bridgehead atoms. The molecule has 0 unspecified atom stereocenters. The molecule has 0 saturated carbocycles. The van der Waals surface area contributed by atoms with Gasteiger partial charge in [-0.1, -0.05) is 413 Å². The van der Waals surface area contributed by atoms with Crippen LogP contribution in [-0.2, 0) is 0 Å². The third-order valence-electron chi connectivity index (χ3n) is 24.8. The predicted octanol–water partition coefficient (Wildman–Crippen LogP) is 30.6. The predicted molar refractivity (Wildman–Crippen MR) is 522 cm³/mol. The summed E-state index contributed by atoms with van der Waals surface area (Å²) in [5.41, 5.74) is 34.5. The topological polar surface area (TPSA) is 82.3 Å². The molecule has 18 aromatic carbocycles. The van der Waals surface area contributed by atoms with E-state index in [2.05, 4.69) is 429 Å². The molecule has 0 radical (unpaired) electrons. The van der Waals surface area contributed by atoms with Crippen LogP contribution in [-0.4, -0.2) is 34.5 Å². The number of hydrogen-bond donors (Lipinski definition) is 0. The molecule has 0 amide bonds. The largest absolute Gasteiger partial charge is 0.309 e. The standard InChI is InChI=1S/C60H39N3.C59H38N4/c1-4-17-39(18-5-1)46-29-15-31-52-57(46)53-32-16-30-47(59(53)63-58(52)42-19-6-2-7-20-42)44-23-14-24-45(37-44)55-38-54(61-60(62-55)43-21-8-3-9-22-43)40-33-35-41(36-34-40)56-50-27-12-10-25-48(50)49-26-11-13-28-51(49)56;1-4-18-39(19-5-1)46-30-16-32-50-56(46)51-33-17-31-47(58(51)62-57(50)40-20-6-2-7-21-40)42-24-14-25-43(36-42)52-38-53(61-59(60-52)41-22-8-3-9-23-41)44-26-15-27-45(37-44)63-54-34-12-10-28-48(54)49-29-11-13-35-55(49)63/h1-38,56H;1-38H. The molecule has 0 saturated heterocycles. The van der Waals surface area contributed by atoms with Gasteiger partial charge in [-0.2, -0.15) is 0 Å². The van der Waals surface area contributed by atoms with Gasteiger partial charge in [-0.15, -0.1) is 0 Å². The summed E-state index contributed by atoms with van der Waals surface area (Å²) < 4.78 is 2.35. The molecule has 5 heterocycles. The molecular weight excluding hydrogens is 1530 g/mol. The first-order valence-electron chi connectivity index (χ1n) is 42.9.